The summed E-state index contributed by atoms with van der Waals surface area (Å²) in [6.07, 6.45) is 6.70. The number of hydrogen-bond donors (Lipinski definition) is 3. The highest BCUT2D eigenvalue weighted by Gasteiger charge is 2.07. The summed E-state index contributed by atoms with van der Waals surface area (Å²) in [5.41, 5.74) is 2.39. The molecule has 10 nitrogen and oxygen atoms in total. The lowest BCUT2D eigenvalue weighted by molar-refractivity contribution is -0.120. The van der Waals surface area contributed by atoms with Crippen LogP contribution in [0.3, 0.4) is 0 Å². The molecule has 2 heterocycles. The van der Waals surface area contributed by atoms with E-state index in [0.717, 1.165) is 37.2 Å². The third-order valence-electron chi connectivity index (χ3n) is 6.72. The Bertz CT molecular complexity index is 1510. The molecule has 3 N–H and O–H groups in total. The zero-order chi connectivity index (χ0) is 34.2. The summed E-state index contributed by atoms with van der Waals surface area (Å²) in [4.78, 5) is 30.2. The van der Waals surface area contributed by atoms with Crippen LogP contribution < -0.4 is 24.8 Å². The third kappa shape index (κ3) is 14.7. The molecule has 4 aromatic rings. The van der Waals surface area contributed by atoms with E-state index in [4.69, 9.17) is 14.2 Å². The highest BCUT2D eigenvalue weighted by atomic mass is 16.5. The zero-order valence-electron chi connectivity index (χ0n) is 28.0. The van der Waals surface area contributed by atoms with Crippen molar-refractivity contribution >= 4 is 11.8 Å². The number of ether oxygens (including phenoxy) is 3. The van der Waals surface area contributed by atoms with Gasteiger partial charge in [-0.05, 0) is 101 Å². The van der Waals surface area contributed by atoms with Crippen LogP contribution in [0.2, 0.25) is 0 Å². The number of nitrogens with zero attached hydrogens (tertiary/aromatic N) is 2. The molecule has 0 saturated heterocycles. The van der Waals surface area contributed by atoms with E-state index in [1.165, 1.54) is 37.2 Å². The molecule has 2 aromatic heterocycles. The van der Waals surface area contributed by atoms with Gasteiger partial charge in [0.2, 0.25) is 23.6 Å². The molecular formula is C37H46N4O6. The molecule has 2 aromatic carbocycles. The average molecular weight is 643 g/mol. The van der Waals surface area contributed by atoms with Crippen molar-refractivity contribution in [3.63, 3.8) is 0 Å². The monoisotopic (exact) mass is 642 g/mol. The molecule has 2 amide bonds. The van der Waals surface area contributed by atoms with E-state index < -0.39 is 0 Å². The Morgan fingerprint density at radius 2 is 1.06 bits per heavy atom. The first-order valence-electron chi connectivity index (χ1n) is 15.8. The van der Waals surface area contributed by atoms with Crippen molar-refractivity contribution in [1.29, 1.82) is 0 Å². The van der Waals surface area contributed by atoms with E-state index >= 15 is 0 Å². The van der Waals surface area contributed by atoms with Crippen LogP contribution in [0.25, 0.3) is 0 Å². The van der Waals surface area contributed by atoms with Crippen LogP contribution in [-0.4, -0.2) is 45.1 Å². The maximum atomic E-state index is 11.0. The molecule has 0 spiro atoms. The van der Waals surface area contributed by atoms with Gasteiger partial charge in [-0.25, -0.2) is 9.97 Å². The van der Waals surface area contributed by atoms with Crippen molar-refractivity contribution in [3.05, 3.63) is 96.3 Å². The highest BCUT2D eigenvalue weighted by Crippen LogP contribution is 2.23. The molecule has 0 bridgehead atoms. The molecule has 47 heavy (non-hydrogen) atoms. The fourth-order valence-electron chi connectivity index (χ4n) is 4.50. The second-order valence-corrected chi connectivity index (χ2v) is 11.6. The van der Waals surface area contributed by atoms with Crippen LogP contribution in [0.15, 0.2) is 85.2 Å². The predicted octanol–water partition coefficient (Wildman–Crippen LogP) is 7.16. The lowest BCUT2D eigenvalue weighted by atomic mass is 10.1. The minimum Gasteiger partial charge on any atom is -0.506 e. The lowest BCUT2D eigenvalue weighted by Crippen LogP contribution is -2.30. The molecule has 0 unspecified atom stereocenters. The number of aromatic hydroxyl groups is 1. The van der Waals surface area contributed by atoms with E-state index in [9.17, 15) is 14.7 Å². The minimum absolute atomic E-state index is 0.00218. The second-order valence-electron chi connectivity index (χ2n) is 11.6. The van der Waals surface area contributed by atoms with Crippen LogP contribution in [0.5, 0.6) is 34.8 Å². The molecule has 0 aliphatic carbocycles. The quantitative estimate of drug-likeness (QED) is 0.132. The SMILES string of the molecule is CC(=O)N[C@@H](C)CCc1ccc(Oc2ccc(O)cn2)cc1.CC(=O)N[C@@H](C)CCc1ccc(Oc2ccc(OC(C)C)cn2)cc1. The number of amides is 2. The summed E-state index contributed by atoms with van der Waals surface area (Å²) in [5.74, 6) is 3.24. The largest absolute Gasteiger partial charge is 0.506 e. The number of aromatic nitrogens is 2. The maximum Gasteiger partial charge on any atom is 0.219 e. The number of carbonyl (C=O) groups excluding carboxylic acids is 2. The standard InChI is InChI=1S/C20H26N2O3.C17H20N2O3/c1-14(2)24-19-11-12-20(21-13-19)25-18-9-7-17(8-10-18)6-5-15(3)22-16(4)23;1-12(19-13(2)20)3-4-14-5-8-16(9-6-14)22-17-10-7-15(21)11-18-17/h7-15H,5-6H2,1-4H3,(H,22,23);5-12,21H,3-4H2,1-2H3,(H,19,20)/t15-;12-/m00/s1. The molecule has 0 aliphatic rings. The predicted molar refractivity (Wildman–Crippen MR) is 182 cm³/mol. The van der Waals surface area contributed by atoms with Gasteiger partial charge < -0.3 is 30.0 Å². The van der Waals surface area contributed by atoms with Crippen LogP contribution in [0, 0.1) is 0 Å². The Morgan fingerprint density at radius 3 is 1.43 bits per heavy atom. The first-order chi connectivity index (χ1) is 22.4. The van der Waals surface area contributed by atoms with Gasteiger partial charge in [0.15, 0.2) is 0 Å². The summed E-state index contributed by atoms with van der Waals surface area (Å²) in [7, 11) is 0. The summed E-state index contributed by atoms with van der Waals surface area (Å²) >= 11 is 0. The van der Waals surface area contributed by atoms with Crippen molar-refractivity contribution in [2.45, 2.75) is 85.4 Å². The number of aryl methyl sites for hydroxylation is 2. The van der Waals surface area contributed by atoms with E-state index in [1.54, 1.807) is 18.3 Å². The third-order valence-corrected chi connectivity index (χ3v) is 6.72. The van der Waals surface area contributed by atoms with Crippen LogP contribution in [0.4, 0.5) is 0 Å². The molecular weight excluding hydrogens is 596 g/mol. The van der Waals surface area contributed by atoms with E-state index in [2.05, 4.69) is 20.6 Å². The topological polar surface area (TPSA) is 132 Å². The van der Waals surface area contributed by atoms with Gasteiger partial charge in [-0.3, -0.25) is 9.59 Å². The Hall–Kier alpha value is -5.12. The fourth-order valence-corrected chi connectivity index (χ4v) is 4.50. The zero-order valence-corrected chi connectivity index (χ0v) is 28.0. The number of nitrogens with one attached hydrogen (secondary N) is 2. The first-order valence-corrected chi connectivity index (χ1v) is 15.8. The number of rotatable bonds is 14. The molecule has 0 fully saturated rings. The maximum absolute atomic E-state index is 11.0. The van der Waals surface area contributed by atoms with Crippen LogP contribution >= 0.6 is 0 Å². The van der Waals surface area contributed by atoms with Crippen molar-refractivity contribution in [2.24, 2.45) is 0 Å². The normalized spacial score (nSPS) is 11.8. The summed E-state index contributed by atoms with van der Waals surface area (Å²) < 4.78 is 16.9. The Balaban J connectivity index is 0.000000257. The first kappa shape index (κ1) is 36.3. The molecule has 0 saturated carbocycles. The summed E-state index contributed by atoms with van der Waals surface area (Å²) in [6.45, 7) is 11.0. The van der Waals surface area contributed by atoms with Gasteiger partial charge in [0.05, 0.1) is 18.5 Å². The van der Waals surface area contributed by atoms with Gasteiger partial charge in [-0.2, -0.15) is 0 Å². The van der Waals surface area contributed by atoms with Crippen molar-refractivity contribution in [1.82, 2.24) is 20.6 Å². The molecule has 0 radical (unpaired) electrons. The Kier molecular flexibility index (Phi) is 14.5. The number of carbonyl (C=O) groups is 2. The second kappa shape index (κ2) is 18.8. The Morgan fingerprint density at radius 1 is 0.638 bits per heavy atom. The van der Waals surface area contributed by atoms with Gasteiger partial charge in [0.1, 0.15) is 23.0 Å². The summed E-state index contributed by atoms with van der Waals surface area (Å²) in [5, 5.41) is 14.9. The molecule has 250 valence electrons. The van der Waals surface area contributed by atoms with Gasteiger partial charge in [-0.1, -0.05) is 24.3 Å². The van der Waals surface area contributed by atoms with E-state index in [1.807, 2.05) is 82.3 Å². The lowest BCUT2D eigenvalue weighted by Gasteiger charge is -2.12. The van der Waals surface area contributed by atoms with Gasteiger partial charge in [0, 0.05) is 38.1 Å². The van der Waals surface area contributed by atoms with Gasteiger partial charge in [-0.15, -0.1) is 0 Å². The molecule has 4 rings (SSSR count). The number of hydrogen-bond acceptors (Lipinski definition) is 8. The van der Waals surface area contributed by atoms with Crippen LogP contribution in [0.1, 0.15) is 65.5 Å². The van der Waals surface area contributed by atoms with E-state index in [0.29, 0.717) is 17.5 Å². The minimum atomic E-state index is -0.00218. The van der Waals surface area contributed by atoms with Crippen molar-refractivity contribution in [2.75, 3.05) is 0 Å². The fraction of sp³-hybridized carbons (Fsp3) is 0.351. The molecule has 2 atom stereocenters. The van der Waals surface area contributed by atoms with Crippen LogP contribution in [-0.2, 0) is 22.4 Å². The summed E-state index contributed by atoms with van der Waals surface area (Å²) in [6, 6.07) is 22.8. The van der Waals surface area contributed by atoms with Crippen molar-refractivity contribution in [3.8, 4) is 34.8 Å². The molecule has 10 heteroatoms. The van der Waals surface area contributed by atoms with Crippen molar-refractivity contribution < 1.29 is 28.9 Å². The Labute approximate surface area is 277 Å². The van der Waals surface area contributed by atoms with Gasteiger partial charge in [0.25, 0.3) is 0 Å². The average Bonchev–Trinajstić information content (AvgIpc) is 3.02. The molecule has 0 aliphatic heterocycles. The van der Waals surface area contributed by atoms with Gasteiger partial charge >= 0.3 is 0 Å². The number of pyridine rings is 2. The highest BCUT2D eigenvalue weighted by molar-refractivity contribution is 5.73. The van der Waals surface area contributed by atoms with E-state index in [-0.39, 0.29) is 35.8 Å². The smallest absolute Gasteiger partial charge is 0.219 e. The number of benzene rings is 2.